The lowest BCUT2D eigenvalue weighted by Gasteiger charge is -2.26. The van der Waals surface area contributed by atoms with Gasteiger partial charge in [0.1, 0.15) is 5.54 Å². The molecular formula is C14H26N2O2. The lowest BCUT2D eigenvalue weighted by molar-refractivity contribution is -0.144. The topological polar surface area (TPSA) is 52.6 Å². The van der Waals surface area contributed by atoms with E-state index < -0.39 is 11.5 Å². The van der Waals surface area contributed by atoms with Crippen molar-refractivity contribution in [3.8, 4) is 0 Å². The van der Waals surface area contributed by atoms with Crippen molar-refractivity contribution in [3.05, 3.63) is 0 Å². The second-order valence-electron chi connectivity index (χ2n) is 6.06. The molecule has 0 aromatic carbocycles. The number of hydrogen-bond acceptors (Lipinski definition) is 3. The molecule has 1 atom stereocenters. The number of nitrogens with one attached hydrogen (secondary N) is 1. The molecule has 0 radical (unpaired) electrons. The van der Waals surface area contributed by atoms with Crippen LogP contribution in [0.2, 0.25) is 0 Å². The average Bonchev–Trinajstić information content (AvgIpc) is 2.97. The Bertz CT molecular complexity index is 286. The summed E-state index contributed by atoms with van der Waals surface area (Å²) in [5.74, 6) is -0.699. The quantitative estimate of drug-likeness (QED) is 0.649. The Balaban J connectivity index is 1.66. The minimum Gasteiger partial charge on any atom is -0.480 e. The zero-order chi connectivity index (χ0) is 13.0. The van der Waals surface area contributed by atoms with Crippen LogP contribution in [0.1, 0.15) is 51.9 Å². The third-order valence-electron chi connectivity index (χ3n) is 4.17. The van der Waals surface area contributed by atoms with Gasteiger partial charge in [-0.3, -0.25) is 10.1 Å². The zero-order valence-electron chi connectivity index (χ0n) is 11.5. The van der Waals surface area contributed by atoms with Crippen LogP contribution in [0.4, 0.5) is 0 Å². The number of unbranched alkanes of at least 4 members (excludes halogenated alkanes) is 1. The van der Waals surface area contributed by atoms with Crippen LogP contribution in [-0.4, -0.2) is 47.2 Å². The van der Waals surface area contributed by atoms with Crippen LogP contribution < -0.4 is 5.32 Å². The van der Waals surface area contributed by atoms with Crippen LogP contribution in [0.25, 0.3) is 0 Å². The first-order valence-electron chi connectivity index (χ1n) is 7.34. The molecule has 0 aromatic heterocycles. The molecule has 1 aliphatic carbocycles. The van der Waals surface area contributed by atoms with E-state index in [0.717, 1.165) is 38.6 Å². The summed E-state index contributed by atoms with van der Waals surface area (Å²) in [4.78, 5) is 13.9. The van der Waals surface area contributed by atoms with Gasteiger partial charge in [0.25, 0.3) is 0 Å². The predicted molar refractivity (Wildman–Crippen MR) is 71.7 cm³/mol. The molecule has 0 bridgehead atoms. The van der Waals surface area contributed by atoms with Crippen LogP contribution in [-0.2, 0) is 4.79 Å². The maximum Gasteiger partial charge on any atom is 0.323 e. The monoisotopic (exact) mass is 254 g/mol. The summed E-state index contributed by atoms with van der Waals surface area (Å²) in [6.45, 7) is 5.44. The number of hydrogen-bond donors (Lipinski definition) is 2. The van der Waals surface area contributed by atoms with Gasteiger partial charge in [-0.2, -0.15) is 0 Å². The Morgan fingerprint density at radius 2 is 2.00 bits per heavy atom. The minimum absolute atomic E-state index is 0.449. The van der Waals surface area contributed by atoms with Crippen molar-refractivity contribution in [1.82, 2.24) is 10.2 Å². The smallest absolute Gasteiger partial charge is 0.323 e. The Morgan fingerprint density at radius 3 is 2.56 bits per heavy atom. The fourth-order valence-electron chi connectivity index (χ4n) is 2.74. The molecule has 1 saturated heterocycles. The maximum atomic E-state index is 11.4. The highest BCUT2D eigenvalue weighted by Crippen LogP contribution is 2.25. The zero-order valence-corrected chi connectivity index (χ0v) is 11.5. The second-order valence-corrected chi connectivity index (χ2v) is 6.06. The van der Waals surface area contributed by atoms with Crippen molar-refractivity contribution < 1.29 is 9.90 Å². The Labute approximate surface area is 110 Å². The molecule has 0 aromatic rings. The van der Waals surface area contributed by atoms with E-state index in [0.29, 0.717) is 6.04 Å². The molecule has 18 heavy (non-hydrogen) atoms. The van der Waals surface area contributed by atoms with Gasteiger partial charge >= 0.3 is 5.97 Å². The number of aliphatic carboxylic acids is 1. The number of rotatable bonds is 8. The van der Waals surface area contributed by atoms with Crippen molar-refractivity contribution in [2.75, 3.05) is 19.6 Å². The molecule has 1 heterocycles. The molecule has 104 valence electrons. The van der Waals surface area contributed by atoms with Gasteiger partial charge in [0.2, 0.25) is 0 Å². The third-order valence-corrected chi connectivity index (χ3v) is 4.17. The van der Waals surface area contributed by atoms with E-state index in [-0.39, 0.29) is 0 Å². The van der Waals surface area contributed by atoms with Crippen molar-refractivity contribution >= 4 is 5.97 Å². The molecule has 2 N–H and O–H groups in total. The highest BCUT2D eigenvalue weighted by molar-refractivity contribution is 5.78. The Kier molecular flexibility index (Phi) is 4.62. The molecule has 2 rings (SSSR count). The van der Waals surface area contributed by atoms with Crippen LogP contribution in [0, 0.1) is 0 Å². The highest BCUT2D eigenvalue weighted by atomic mass is 16.4. The largest absolute Gasteiger partial charge is 0.480 e. The van der Waals surface area contributed by atoms with E-state index >= 15 is 0 Å². The third kappa shape index (κ3) is 3.95. The van der Waals surface area contributed by atoms with Crippen LogP contribution in [0.5, 0.6) is 0 Å². The molecule has 1 aliphatic heterocycles. The molecular weight excluding hydrogens is 228 g/mol. The molecule has 0 amide bonds. The van der Waals surface area contributed by atoms with E-state index in [1.54, 1.807) is 0 Å². The molecule has 2 aliphatic rings. The summed E-state index contributed by atoms with van der Waals surface area (Å²) in [5, 5.41) is 12.6. The first kappa shape index (κ1) is 13.8. The predicted octanol–water partition coefficient (Wildman–Crippen LogP) is 1.85. The van der Waals surface area contributed by atoms with E-state index in [4.69, 9.17) is 0 Å². The van der Waals surface area contributed by atoms with E-state index in [1.165, 1.54) is 25.9 Å². The summed E-state index contributed by atoms with van der Waals surface area (Å²) < 4.78 is 0. The van der Waals surface area contributed by atoms with Crippen molar-refractivity contribution in [3.63, 3.8) is 0 Å². The van der Waals surface area contributed by atoms with Crippen molar-refractivity contribution in [1.29, 1.82) is 0 Å². The average molecular weight is 254 g/mol. The van der Waals surface area contributed by atoms with Gasteiger partial charge < -0.3 is 10.0 Å². The lowest BCUT2D eigenvalue weighted by Crippen LogP contribution is -2.50. The van der Waals surface area contributed by atoms with Gasteiger partial charge in [0, 0.05) is 6.04 Å². The van der Waals surface area contributed by atoms with Gasteiger partial charge in [0.15, 0.2) is 0 Å². The summed E-state index contributed by atoms with van der Waals surface area (Å²) in [5.41, 5.74) is -0.716. The number of nitrogens with zero attached hydrogens (tertiary/aromatic N) is 1. The molecule has 1 unspecified atom stereocenters. The molecule has 1 saturated carbocycles. The number of carboxylic acids is 1. The Morgan fingerprint density at radius 1 is 1.33 bits per heavy atom. The summed E-state index contributed by atoms with van der Waals surface area (Å²) in [6, 6.07) is 0.449. The standard InChI is InChI=1S/C14H26N2O2/c1-14(13(17)18,15-12-6-7-12)8-2-3-9-16-10-4-5-11-16/h12,15H,2-11H2,1H3,(H,17,18). The van der Waals surface area contributed by atoms with E-state index in [9.17, 15) is 9.90 Å². The fourth-order valence-corrected chi connectivity index (χ4v) is 2.74. The van der Waals surface area contributed by atoms with Gasteiger partial charge in [-0.25, -0.2) is 0 Å². The summed E-state index contributed by atoms with van der Waals surface area (Å²) in [7, 11) is 0. The SMILES string of the molecule is CC(CCCCN1CCCC1)(NC1CC1)C(=O)O. The van der Waals surface area contributed by atoms with Crippen LogP contribution in [0.3, 0.4) is 0 Å². The normalized spacial score (nSPS) is 24.1. The van der Waals surface area contributed by atoms with Gasteiger partial charge in [-0.05, 0) is 71.5 Å². The van der Waals surface area contributed by atoms with Crippen molar-refractivity contribution in [2.24, 2.45) is 0 Å². The van der Waals surface area contributed by atoms with E-state index in [2.05, 4.69) is 10.2 Å². The molecule has 2 fully saturated rings. The highest BCUT2D eigenvalue weighted by Gasteiger charge is 2.37. The number of carboxylic acid groups (broad SMARTS) is 1. The van der Waals surface area contributed by atoms with Gasteiger partial charge in [0.05, 0.1) is 0 Å². The van der Waals surface area contributed by atoms with Gasteiger partial charge in [-0.15, -0.1) is 0 Å². The maximum absolute atomic E-state index is 11.4. The second kappa shape index (κ2) is 6.02. The fraction of sp³-hybridized carbons (Fsp3) is 0.929. The van der Waals surface area contributed by atoms with Crippen LogP contribution >= 0.6 is 0 Å². The molecule has 0 spiro atoms. The van der Waals surface area contributed by atoms with E-state index in [1.807, 2.05) is 6.92 Å². The van der Waals surface area contributed by atoms with Crippen LogP contribution in [0.15, 0.2) is 0 Å². The van der Waals surface area contributed by atoms with Crippen molar-refractivity contribution in [2.45, 2.75) is 63.5 Å². The number of carbonyl (C=O) groups is 1. The minimum atomic E-state index is -0.716. The first-order chi connectivity index (χ1) is 8.60. The lowest BCUT2D eigenvalue weighted by atomic mass is 9.94. The number of likely N-dealkylation sites (tertiary alicyclic amines) is 1. The Hall–Kier alpha value is -0.610. The summed E-state index contributed by atoms with van der Waals surface area (Å²) >= 11 is 0. The van der Waals surface area contributed by atoms with Gasteiger partial charge in [-0.1, -0.05) is 0 Å². The summed E-state index contributed by atoms with van der Waals surface area (Å²) in [6.07, 6.45) is 7.79. The molecule has 4 nitrogen and oxygen atoms in total. The molecule has 4 heteroatoms. The first-order valence-corrected chi connectivity index (χ1v) is 7.34.